The molecule has 76 valence electrons. The normalized spacial score (nSPS) is 12.8. The summed E-state index contributed by atoms with van der Waals surface area (Å²) in [4.78, 5) is 2.26. The molecule has 0 amide bonds. The first kappa shape index (κ1) is 12.4. The van der Waals surface area contributed by atoms with Crippen LogP contribution in [0, 0.1) is 11.3 Å². The molecule has 0 aliphatic rings. The Bertz CT molecular complexity index is 153. The molecular formula is C10H20N2O. The number of nitriles is 1. The maximum Gasteiger partial charge on any atom is 0.0638 e. The highest BCUT2D eigenvalue weighted by atomic mass is 16.3. The van der Waals surface area contributed by atoms with Gasteiger partial charge in [0.2, 0.25) is 0 Å². The van der Waals surface area contributed by atoms with E-state index in [-0.39, 0.29) is 6.61 Å². The van der Waals surface area contributed by atoms with Crippen LogP contribution in [0.25, 0.3) is 0 Å². The highest BCUT2D eigenvalue weighted by Crippen LogP contribution is 2.08. The zero-order valence-corrected chi connectivity index (χ0v) is 8.66. The van der Waals surface area contributed by atoms with Crippen molar-refractivity contribution in [2.24, 2.45) is 0 Å². The Labute approximate surface area is 81.0 Å². The molecule has 1 N–H and O–H groups in total. The fourth-order valence-corrected chi connectivity index (χ4v) is 1.51. The van der Waals surface area contributed by atoms with Crippen LogP contribution in [0.5, 0.6) is 0 Å². The summed E-state index contributed by atoms with van der Waals surface area (Å²) in [6.45, 7) is 6.29. The summed E-state index contributed by atoms with van der Waals surface area (Å²) in [5.41, 5.74) is 0. The molecule has 0 aromatic rings. The summed E-state index contributed by atoms with van der Waals surface area (Å²) in [6, 6.07) is 2.57. The summed E-state index contributed by atoms with van der Waals surface area (Å²) in [5.74, 6) is 0. The SMILES string of the molecule is CCC(CC#N)N(CC)CCCO. The molecule has 3 heteroatoms. The topological polar surface area (TPSA) is 47.3 Å². The minimum atomic E-state index is 0.236. The third-order valence-electron chi connectivity index (χ3n) is 2.32. The molecule has 0 radical (unpaired) electrons. The predicted octanol–water partition coefficient (Wildman–Crippen LogP) is 1.38. The standard InChI is InChI=1S/C10H20N2O/c1-3-10(6-7-11)12(4-2)8-5-9-13/h10,13H,3-6,8-9H2,1-2H3. The molecule has 13 heavy (non-hydrogen) atoms. The van der Waals surface area contributed by atoms with E-state index in [0.717, 1.165) is 25.9 Å². The predicted molar refractivity (Wildman–Crippen MR) is 53.3 cm³/mol. The summed E-state index contributed by atoms with van der Waals surface area (Å²) in [6.07, 6.45) is 2.40. The molecular weight excluding hydrogens is 164 g/mol. The zero-order chi connectivity index (χ0) is 10.1. The van der Waals surface area contributed by atoms with Gasteiger partial charge in [-0.1, -0.05) is 13.8 Å². The number of aliphatic hydroxyl groups excluding tert-OH is 1. The van der Waals surface area contributed by atoms with Crippen LogP contribution >= 0.6 is 0 Å². The van der Waals surface area contributed by atoms with Gasteiger partial charge in [0.05, 0.1) is 12.5 Å². The van der Waals surface area contributed by atoms with Crippen molar-refractivity contribution in [2.45, 2.75) is 39.2 Å². The number of aliphatic hydroxyl groups is 1. The van der Waals surface area contributed by atoms with E-state index in [0.29, 0.717) is 12.5 Å². The quantitative estimate of drug-likeness (QED) is 0.650. The van der Waals surface area contributed by atoms with Crippen LogP contribution in [0.2, 0.25) is 0 Å². The van der Waals surface area contributed by atoms with Crippen LogP contribution < -0.4 is 0 Å². The smallest absolute Gasteiger partial charge is 0.0638 e. The van der Waals surface area contributed by atoms with Crippen molar-refractivity contribution in [3.8, 4) is 6.07 Å². The lowest BCUT2D eigenvalue weighted by Crippen LogP contribution is -2.35. The van der Waals surface area contributed by atoms with E-state index in [2.05, 4.69) is 24.8 Å². The van der Waals surface area contributed by atoms with Gasteiger partial charge >= 0.3 is 0 Å². The van der Waals surface area contributed by atoms with Crippen LogP contribution in [0.4, 0.5) is 0 Å². The number of nitrogens with zero attached hydrogens (tertiary/aromatic N) is 2. The molecule has 0 bridgehead atoms. The molecule has 0 aliphatic carbocycles. The molecule has 1 unspecified atom stereocenters. The Hall–Kier alpha value is -0.590. The van der Waals surface area contributed by atoms with Crippen LogP contribution in [0.1, 0.15) is 33.1 Å². The molecule has 0 saturated heterocycles. The van der Waals surface area contributed by atoms with Crippen molar-refractivity contribution in [2.75, 3.05) is 19.7 Å². The van der Waals surface area contributed by atoms with Crippen molar-refractivity contribution in [3.05, 3.63) is 0 Å². The number of hydrogen-bond donors (Lipinski definition) is 1. The molecule has 0 rings (SSSR count). The van der Waals surface area contributed by atoms with E-state index in [1.165, 1.54) is 0 Å². The summed E-state index contributed by atoms with van der Waals surface area (Å²) in [5, 5.41) is 17.3. The largest absolute Gasteiger partial charge is 0.396 e. The number of rotatable bonds is 7. The Morgan fingerprint density at radius 2 is 2.15 bits per heavy atom. The van der Waals surface area contributed by atoms with Gasteiger partial charge in [0.15, 0.2) is 0 Å². The molecule has 3 nitrogen and oxygen atoms in total. The summed E-state index contributed by atoms with van der Waals surface area (Å²) in [7, 11) is 0. The van der Waals surface area contributed by atoms with Gasteiger partial charge < -0.3 is 5.11 Å². The second-order valence-corrected chi connectivity index (χ2v) is 3.13. The van der Waals surface area contributed by atoms with Gasteiger partial charge in [-0.25, -0.2) is 0 Å². The maximum absolute atomic E-state index is 8.70. The molecule has 0 fully saturated rings. The Kier molecular flexibility index (Phi) is 7.66. The molecule has 0 aromatic heterocycles. The summed E-state index contributed by atoms with van der Waals surface area (Å²) < 4.78 is 0. The van der Waals surface area contributed by atoms with Gasteiger partial charge in [-0.05, 0) is 19.4 Å². The van der Waals surface area contributed by atoms with Crippen molar-refractivity contribution in [1.82, 2.24) is 4.90 Å². The molecule has 0 spiro atoms. The molecule has 0 aliphatic heterocycles. The molecule has 0 aromatic carbocycles. The molecule has 0 saturated carbocycles. The van der Waals surface area contributed by atoms with Crippen molar-refractivity contribution in [3.63, 3.8) is 0 Å². The lowest BCUT2D eigenvalue weighted by molar-refractivity contribution is 0.178. The second kappa shape index (κ2) is 8.03. The van der Waals surface area contributed by atoms with Gasteiger partial charge in [0, 0.05) is 19.2 Å². The van der Waals surface area contributed by atoms with Crippen LogP contribution in [0.15, 0.2) is 0 Å². The van der Waals surface area contributed by atoms with Crippen molar-refractivity contribution >= 4 is 0 Å². The first-order valence-electron chi connectivity index (χ1n) is 5.01. The Morgan fingerprint density at radius 1 is 1.46 bits per heavy atom. The second-order valence-electron chi connectivity index (χ2n) is 3.13. The minimum absolute atomic E-state index is 0.236. The third kappa shape index (κ3) is 4.87. The lowest BCUT2D eigenvalue weighted by atomic mass is 10.1. The van der Waals surface area contributed by atoms with Crippen molar-refractivity contribution < 1.29 is 5.11 Å². The van der Waals surface area contributed by atoms with Crippen LogP contribution in [-0.4, -0.2) is 35.7 Å². The maximum atomic E-state index is 8.70. The molecule has 1 atom stereocenters. The third-order valence-corrected chi connectivity index (χ3v) is 2.32. The van der Waals surface area contributed by atoms with E-state index in [9.17, 15) is 0 Å². The average molecular weight is 184 g/mol. The van der Waals surface area contributed by atoms with E-state index in [1.807, 2.05) is 0 Å². The molecule has 0 heterocycles. The summed E-state index contributed by atoms with van der Waals surface area (Å²) >= 11 is 0. The van der Waals surface area contributed by atoms with E-state index in [1.54, 1.807) is 0 Å². The van der Waals surface area contributed by atoms with Gasteiger partial charge in [-0.3, -0.25) is 4.90 Å². The highest BCUT2D eigenvalue weighted by molar-refractivity contribution is 4.81. The van der Waals surface area contributed by atoms with Gasteiger partial charge in [-0.15, -0.1) is 0 Å². The van der Waals surface area contributed by atoms with Crippen molar-refractivity contribution in [1.29, 1.82) is 5.26 Å². The van der Waals surface area contributed by atoms with E-state index in [4.69, 9.17) is 10.4 Å². The van der Waals surface area contributed by atoms with Gasteiger partial charge in [-0.2, -0.15) is 5.26 Å². The fourth-order valence-electron chi connectivity index (χ4n) is 1.51. The Morgan fingerprint density at radius 3 is 2.54 bits per heavy atom. The lowest BCUT2D eigenvalue weighted by Gasteiger charge is -2.27. The monoisotopic (exact) mass is 184 g/mol. The van der Waals surface area contributed by atoms with Crippen LogP contribution in [0.3, 0.4) is 0 Å². The first-order valence-corrected chi connectivity index (χ1v) is 5.01. The van der Waals surface area contributed by atoms with Gasteiger partial charge in [0.1, 0.15) is 0 Å². The number of hydrogen-bond acceptors (Lipinski definition) is 3. The highest BCUT2D eigenvalue weighted by Gasteiger charge is 2.13. The minimum Gasteiger partial charge on any atom is -0.396 e. The first-order chi connectivity index (χ1) is 6.29. The van der Waals surface area contributed by atoms with E-state index < -0.39 is 0 Å². The average Bonchev–Trinajstić information content (AvgIpc) is 2.17. The van der Waals surface area contributed by atoms with Crippen LogP contribution in [-0.2, 0) is 0 Å². The van der Waals surface area contributed by atoms with Gasteiger partial charge in [0.25, 0.3) is 0 Å². The zero-order valence-electron chi connectivity index (χ0n) is 8.66. The Balaban J connectivity index is 3.93. The van der Waals surface area contributed by atoms with E-state index >= 15 is 0 Å². The fraction of sp³-hybridized carbons (Fsp3) is 0.900.